The number of nitrogens with zero attached hydrogens (tertiary/aromatic N) is 4. The lowest BCUT2D eigenvalue weighted by Gasteiger charge is -2.34. The Morgan fingerprint density at radius 2 is 1.69 bits per heavy atom. The van der Waals surface area contributed by atoms with Crippen LogP contribution in [0.3, 0.4) is 0 Å². The average Bonchev–Trinajstić information content (AvgIpc) is 2.76. The lowest BCUT2D eigenvalue weighted by molar-refractivity contribution is 0.190. The van der Waals surface area contributed by atoms with E-state index >= 15 is 0 Å². The van der Waals surface area contributed by atoms with Crippen molar-refractivity contribution in [2.75, 3.05) is 69.1 Å². The Hall–Kier alpha value is -2.38. The summed E-state index contributed by atoms with van der Waals surface area (Å²) in [4.78, 5) is 13.4. The molecule has 7 heteroatoms. The molecule has 158 valence electrons. The van der Waals surface area contributed by atoms with Crippen LogP contribution in [0.4, 0.5) is 17.3 Å². The second kappa shape index (κ2) is 11.0. The molecule has 7 nitrogen and oxygen atoms in total. The van der Waals surface area contributed by atoms with Crippen LogP contribution in [0.25, 0.3) is 0 Å². The highest BCUT2D eigenvalue weighted by molar-refractivity contribution is 5.75. The summed E-state index contributed by atoms with van der Waals surface area (Å²) < 4.78 is 10.5. The molecule has 2 aromatic rings. The third-order valence-corrected chi connectivity index (χ3v) is 5.55. The van der Waals surface area contributed by atoms with Gasteiger partial charge in [-0.05, 0) is 30.7 Å². The highest BCUT2D eigenvalue weighted by atomic mass is 16.5. The SMILES string of the molecule is COCCN(CCOC)c1ncnc(N2CCC(Cc3ccccc3)CC2)c1N. The Kier molecular flexibility index (Phi) is 8.07. The van der Waals surface area contributed by atoms with Crippen LogP contribution >= 0.6 is 0 Å². The number of aromatic nitrogens is 2. The van der Waals surface area contributed by atoms with Crippen LogP contribution in [-0.2, 0) is 15.9 Å². The van der Waals surface area contributed by atoms with Gasteiger partial charge in [-0.15, -0.1) is 0 Å². The Morgan fingerprint density at radius 1 is 1.03 bits per heavy atom. The van der Waals surface area contributed by atoms with Crippen LogP contribution < -0.4 is 15.5 Å². The van der Waals surface area contributed by atoms with E-state index in [1.807, 2.05) is 0 Å². The summed E-state index contributed by atoms with van der Waals surface area (Å²) >= 11 is 0. The van der Waals surface area contributed by atoms with Gasteiger partial charge in [0.05, 0.1) is 13.2 Å². The fourth-order valence-corrected chi connectivity index (χ4v) is 3.90. The summed E-state index contributed by atoms with van der Waals surface area (Å²) in [6.45, 7) is 4.56. The second-order valence-corrected chi connectivity index (χ2v) is 7.53. The number of methoxy groups -OCH3 is 2. The molecule has 1 aromatic carbocycles. The molecule has 29 heavy (non-hydrogen) atoms. The van der Waals surface area contributed by atoms with Crippen LogP contribution in [0.15, 0.2) is 36.7 Å². The number of hydrogen-bond acceptors (Lipinski definition) is 7. The number of nitrogen functional groups attached to an aromatic ring is 1. The molecular weight excluding hydrogens is 366 g/mol. The van der Waals surface area contributed by atoms with E-state index in [0.717, 1.165) is 44.0 Å². The molecule has 2 N–H and O–H groups in total. The molecule has 1 fully saturated rings. The predicted molar refractivity (Wildman–Crippen MR) is 117 cm³/mol. The van der Waals surface area contributed by atoms with Crippen molar-refractivity contribution < 1.29 is 9.47 Å². The molecule has 1 aliphatic heterocycles. The first kappa shape index (κ1) is 21.3. The van der Waals surface area contributed by atoms with E-state index < -0.39 is 0 Å². The van der Waals surface area contributed by atoms with Gasteiger partial charge < -0.3 is 25.0 Å². The van der Waals surface area contributed by atoms with Crippen molar-refractivity contribution in [1.82, 2.24) is 9.97 Å². The number of piperidine rings is 1. The topological polar surface area (TPSA) is 76.7 Å². The van der Waals surface area contributed by atoms with Crippen LogP contribution in [-0.4, -0.2) is 63.6 Å². The molecule has 0 spiro atoms. The largest absolute Gasteiger partial charge is 0.393 e. The summed E-state index contributed by atoms with van der Waals surface area (Å²) in [5.74, 6) is 2.31. The van der Waals surface area contributed by atoms with Gasteiger partial charge in [-0.1, -0.05) is 30.3 Å². The van der Waals surface area contributed by atoms with E-state index in [1.54, 1.807) is 20.5 Å². The first-order valence-corrected chi connectivity index (χ1v) is 10.3. The van der Waals surface area contributed by atoms with E-state index in [1.165, 1.54) is 5.56 Å². The maximum Gasteiger partial charge on any atom is 0.157 e. The molecule has 0 unspecified atom stereocenters. The number of ether oxygens (including phenoxy) is 2. The van der Waals surface area contributed by atoms with E-state index in [0.29, 0.717) is 37.9 Å². The minimum absolute atomic E-state index is 0.605. The maximum atomic E-state index is 6.53. The van der Waals surface area contributed by atoms with Gasteiger partial charge in [0.15, 0.2) is 11.6 Å². The van der Waals surface area contributed by atoms with Crippen LogP contribution in [0.1, 0.15) is 18.4 Å². The molecule has 0 saturated carbocycles. The lowest BCUT2D eigenvalue weighted by atomic mass is 9.90. The normalized spacial score (nSPS) is 14.9. The van der Waals surface area contributed by atoms with Gasteiger partial charge in [-0.3, -0.25) is 0 Å². The fourth-order valence-electron chi connectivity index (χ4n) is 3.90. The highest BCUT2D eigenvalue weighted by Gasteiger charge is 2.24. The lowest BCUT2D eigenvalue weighted by Crippen LogP contribution is -2.36. The number of rotatable bonds is 10. The quantitative estimate of drug-likeness (QED) is 0.658. The number of nitrogens with two attached hydrogens (primary N) is 1. The van der Waals surface area contributed by atoms with E-state index in [4.69, 9.17) is 15.2 Å². The van der Waals surface area contributed by atoms with Crippen molar-refractivity contribution in [1.29, 1.82) is 0 Å². The summed E-state index contributed by atoms with van der Waals surface area (Å²) in [5.41, 5.74) is 8.59. The van der Waals surface area contributed by atoms with Crippen molar-refractivity contribution in [3.05, 3.63) is 42.2 Å². The minimum atomic E-state index is 0.605. The maximum absolute atomic E-state index is 6.53. The molecular formula is C22H33N5O2. The Bertz CT molecular complexity index is 727. The monoisotopic (exact) mass is 399 g/mol. The summed E-state index contributed by atoms with van der Waals surface area (Å²) in [6, 6.07) is 10.7. The molecule has 0 aliphatic carbocycles. The average molecular weight is 400 g/mol. The van der Waals surface area contributed by atoms with Gasteiger partial charge in [0.1, 0.15) is 12.0 Å². The highest BCUT2D eigenvalue weighted by Crippen LogP contribution is 2.32. The summed E-state index contributed by atoms with van der Waals surface area (Å²) in [5, 5.41) is 0. The van der Waals surface area contributed by atoms with Gasteiger partial charge >= 0.3 is 0 Å². The van der Waals surface area contributed by atoms with Gasteiger partial charge in [-0.2, -0.15) is 0 Å². The number of anilines is 3. The third kappa shape index (κ3) is 5.81. The summed E-state index contributed by atoms with van der Waals surface area (Å²) in [6.07, 6.45) is 5.04. The van der Waals surface area contributed by atoms with Crippen molar-refractivity contribution >= 4 is 17.3 Å². The molecule has 0 amide bonds. The first-order chi connectivity index (χ1) is 14.2. The van der Waals surface area contributed by atoms with Gasteiger partial charge in [0.2, 0.25) is 0 Å². The molecule has 1 saturated heterocycles. The van der Waals surface area contributed by atoms with Crippen molar-refractivity contribution in [3.8, 4) is 0 Å². The standard InChI is InChI=1S/C22H33N5O2/c1-28-14-12-27(13-15-29-2)22-20(23)21(24-17-25-22)26-10-8-19(9-11-26)16-18-6-4-3-5-7-18/h3-7,17,19H,8-16,23H2,1-2H3. The zero-order valence-corrected chi connectivity index (χ0v) is 17.6. The molecule has 0 radical (unpaired) electrons. The molecule has 0 bridgehead atoms. The summed E-state index contributed by atoms with van der Waals surface area (Å²) in [7, 11) is 3.39. The smallest absolute Gasteiger partial charge is 0.157 e. The van der Waals surface area contributed by atoms with Crippen molar-refractivity contribution in [2.24, 2.45) is 5.92 Å². The fraction of sp³-hybridized carbons (Fsp3) is 0.545. The predicted octanol–water partition coefficient (Wildman–Crippen LogP) is 2.62. The Labute approximate surface area is 173 Å². The van der Waals surface area contributed by atoms with Crippen LogP contribution in [0.2, 0.25) is 0 Å². The van der Waals surface area contributed by atoms with E-state index in [9.17, 15) is 0 Å². The molecule has 0 atom stereocenters. The van der Waals surface area contributed by atoms with E-state index in [-0.39, 0.29) is 0 Å². The third-order valence-electron chi connectivity index (χ3n) is 5.55. The van der Waals surface area contributed by atoms with Gasteiger partial charge in [-0.25, -0.2) is 9.97 Å². The van der Waals surface area contributed by atoms with Crippen LogP contribution in [0, 0.1) is 5.92 Å². The van der Waals surface area contributed by atoms with Crippen molar-refractivity contribution in [2.45, 2.75) is 19.3 Å². The first-order valence-electron chi connectivity index (χ1n) is 10.3. The van der Waals surface area contributed by atoms with E-state index in [2.05, 4.69) is 50.1 Å². The zero-order valence-electron chi connectivity index (χ0n) is 17.6. The molecule has 1 aliphatic rings. The molecule has 3 rings (SSSR count). The minimum Gasteiger partial charge on any atom is -0.393 e. The molecule has 1 aromatic heterocycles. The van der Waals surface area contributed by atoms with Crippen molar-refractivity contribution in [3.63, 3.8) is 0 Å². The van der Waals surface area contributed by atoms with Gasteiger partial charge in [0, 0.05) is 40.4 Å². The number of hydrogen-bond donors (Lipinski definition) is 1. The second-order valence-electron chi connectivity index (χ2n) is 7.53. The van der Waals surface area contributed by atoms with Crippen LogP contribution in [0.5, 0.6) is 0 Å². The number of benzene rings is 1. The molecule has 2 heterocycles. The Balaban J connectivity index is 1.66. The Morgan fingerprint density at radius 3 is 2.31 bits per heavy atom. The zero-order chi connectivity index (χ0) is 20.5. The van der Waals surface area contributed by atoms with Gasteiger partial charge in [0.25, 0.3) is 0 Å².